The van der Waals surface area contributed by atoms with Crippen molar-refractivity contribution in [2.75, 3.05) is 14.2 Å². The fourth-order valence-electron chi connectivity index (χ4n) is 5.32. The molecule has 0 amide bonds. The predicted octanol–water partition coefficient (Wildman–Crippen LogP) is 1.34. The van der Waals surface area contributed by atoms with Crippen LogP contribution in [0.5, 0.6) is 11.5 Å². The van der Waals surface area contributed by atoms with Crippen LogP contribution in [0.4, 0.5) is 0 Å². The Bertz CT molecular complexity index is 1090. The number of ether oxygens (including phenoxy) is 2. The number of fused-ring (bicyclic) bond motifs is 1. The van der Waals surface area contributed by atoms with Crippen LogP contribution in [0.3, 0.4) is 0 Å². The molecule has 2 heterocycles. The predicted molar refractivity (Wildman–Crippen MR) is 120 cm³/mol. The molecule has 0 saturated carbocycles. The van der Waals surface area contributed by atoms with E-state index in [4.69, 9.17) is 9.47 Å². The minimum atomic E-state index is -1.74. The maximum absolute atomic E-state index is 12.5. The molecular weight excluding hydrogens is 476 g/mol. The van der Waals surface area contributed by atoms with Crippen molar-refractivity contribution in [3.63, 3.8) is 0 Å². The van der Waals surface area contributed by atoms with Crippen molar-refractivity contribution in [1.82, 2.24) is 10.0 Å². The smallest absolute Gasteiger partial charge is 0.323 e. The molecule has 36 heavy (non-hydrogen) atoms. The van der Waals surface area contributed by atoms with Crippen molar-refractivity contribution in [1.29, 1.82) is 0 Å². The summed E-state index contributed by atoms with van der Waals surface area (Å²) in [6.07, 6.45) is 0. The number of carboxylic acids is 4. The number of hydrogen-bond acceptors (Lipinski definition) is 8. The first-order chi connectivity index (χ1) is 17.1. The molecule has 0 aromatic heterocycles. The van der Waals surface area contributed by atoms with Gasteiger partial charge in [-0.25, -0.2) is 10.0 Å². The van der Waals surface area contributed by atoms with E-state index in [1.165, 1.54) is 62.8 Å². The lowest BCUT2D eigenvalue weighted by Crippen LogP contribution is -2.46. The van der Waals surface area contributed by atoms with Crippen LogP contribution in [0, 0.1) is 11.8 Å². The standard InChI is InChI=1S/C24H24N2O10/c1-35-13-7-3-11(4-8-13)17-15(21(27)28)19(23(31)32)26-18(12-5-9-14(36-2)10-6-12)16(22(29)30)20(24(33)34)25(17)26/h3-10,15-20H,1-2H3,(H,27,28)(H,29,30)(H,31,32)(H,33,34)/t15-,16-,17+,18+,19-,20+/m0/s1. The second kappa shape index (κ2) is 9.47. The van der Waals surface area contributed by atoms with Crippen LogP contribution in [-0.4, -0.2) is 80.6 Å². The Morgan fingerprint density at radius 2 is 0.889 bits per heavy atom. The second-order valence-corrected chi connectivity index (χ2v) is 8.49. The van der Waals surface area contributed by atoms with Gasteiger partial charge in [-0.2, -0.15) is 0 Å². The second-order valence-electron chi connectivity index (χ2n) is 8.49. The number of carboxylic acid groups (broad SMARTS) is 4. The number of carbonyl (C=O) groups is 4. The summed E-state index contributed by atoms with van der Waals surface area (Å²) in [6, 6.07) is 6.15. The Morgan fingerprint density at radius 1 is 0.583 bits per heavy atom. The number of rotatable bonds is 8. The first kappa shape index (κ1) is 24.9. The monoisotopic (exact) mass is 500 g/mol. The van der Waals surface area contributed by atoms with E-state index in [0.29, 0.717) is 22.6 Å². The Hall–Kier alpha value is -4.16. The molecule has 2 aliphatic heterocycles. The van der Waals surface area contributed by atoms with Crippen LogP contribution in [-0.2, 0) is 19.2 Å². The van der Waals surface area contributed by atoms with Gasteiger partial charge in [0.25, 0.3) is 0 Å². The molecule has 2 aromatic carbocycles. The van der Waals surface area contributed by atoms with Crippen molar-refractivity contribution >= 4 is 23.9 Å². The summed E-state index contributed by atoms with van der Waals surface area (Å²) in [6.45, 7) is 0. The van der Waals surface area contributed by atoms with Gasteiger partial charge in [0, 0.05) is 0 Å². The van der Waals surface area contributed by atoms with E-state index in [-0.39, 0.29) is 0 Å². The molecule has 12 nitrogen and oxygen atoms in total. The molecule has 0 spiro atoms. The fraction of sp³-hybridized carbons (Fsp3) is 0.333. The van der Waals surface area contributed by atoms with Crippen molar-refractivity contribution in [2.45, 2.75) is 24.2 Å². The van der Waals surface area contributed by atoms with Crippen LogP contribution >= 0.6 is 0 Å². The van der Waals surface area contributed by atoms with Crippen molar-refractivity contribution in [3.8, 4) is 11.5 Å². The highest BCUT2D eigenvalue weighted by Gasteiger charge is 2.68. The molecule has 4 N–H and O–H groups in total. The van der Waals surface area contributed by atoms with Gasteiger partial charge in [-0.15, -0.1) is 0 Å². The van der Waals surface area contributed by atoms with Gasteiger partial charge in [0.2, 0.25) is 0 Å². The van der Waals surface area contributed by atoms with Gasteiger partial charge in [-0.05, 0) is 35.4 Å². The lowest BCUT2D eigenvalue weighted by atomic mass is 9.82. The van der Waals surface area contributed by atoms with Gasteiger partial charge < -0.3 is 29.9 Å². The molecule has 0 radical (unpaired) electrons. The Morgan fingerprint density at radius 3 is 1.11 bits per heavy atom. The quantitative estimate of drug-likeness (QED) is 0.410. The van der Waals surface area contributed by atoms with Gasteiger partial charge in [-0.3, -0.25) is 19.2 Å². The van der Waals surface area contributed by atoms with Crippen molar-refractivity contribution in [3.05, 3.63) is 59.7 Å². The van der Waals surface area contributed by atoms with Crippen LogP contribution < -0.4 is 9.47 Å². The zero-order valence-electron chi connectivity index (χ0n) is 19.2. The molecule has 190 valence electrons. The molecule has 0 bridgehead atoms. The average molecular weight is 500 g/mol. The first-order valence-corrected chi connectivity index (χ1v) is 10.9. The summed E-state index contributed by atoms with van der Waals surface area (Å²) in [5, 5.41) is 42.8. The van der Waals surface area contributed by atoms with E-state index >= 15 is 0 Å². The molecule has 0 aliphatic carbocycles. The highest BCUT2D eigenvalue weighted by Crippen LogP contribution is 2.55. The van der Waals surface area contributed by atoms with Crippen LogP contribution in [0.1, 0.15) is 23.2 Å². The van der Waals surface area contributed by atoms with E-state index in [1.807, 2.05) is 0 Å². The maximum Gasteiger partial charge on any atom is 0.323 e. The Kier molecular flexibility index (Phi) is 6.57. The van der Waals surface area contributed by atoms with E-state index in [1.54, 1.807) is 0 Å². The maximum atomic E-state index is 12.5. The molecular formula is C24H24N2O10. The third-order valence-corrected chi connectivity index (χ3v) is 6.76. The van der Waals surface area contributed by atoms with E-state index in [2.05, 4.69) is 0 Å². The zero-order valence-corrected chi connectivity index (χ0v) is 19.2. The summed E-state index contributed by atoms with van der Waals surface area (Å²) in [4.78, 5) is 49.9. The molecule has 12 heteroatoms. The summed E-state index contributed by atoms with van der Waals surface area (Å²) in [5.41, 5.74) is 0.616. The van der Waals surface area contributed by atoms with E-state index in [9.17, 15) is 39.6 Å². The fourth-order valence-corrected chi connectivity index (χ4v) is 5.32. The number of nitrogens with zero attached hydrogens (tertiary/aromatic N) is 2. The summed E-state index contributed by atoms with van der Waals surface area (Å²) in [7, 11) is 2.87. The molecule has 2 aliphatic rings. The third-order valence-electron chi connectivity index (χ3n) is 6.76. The highest BCUT2D eigenvalue weighted by atomic mass is 16.5. The zero-order chi connectivity index (χ0) is 26.3. The summed E-state index contributed by atoms with van der Waals surface area (Å²) in [5.74, 6) is -8.25. The van der Waals surface area contributed by atoms with Crippen LogP contribution in [0.25, 0.3) is 0 Å². The summed E-state index contributed by atoms with van der Waals surface area (Å²) < 4.78 is 10.3. The number of benzene rings is 2. The minimum Gasteiger partial charge on any atom is -0.497 e. The molecule has 2 aromatic rings. The molecule has 2 saturated heterocycles. The lowest BCUT2D eigenvalue weighted by Gasteiger charge is -2.32. The van der Waals surface area contributed by atoms with Crippen molar-refractivity contribution in [2.24, 2.45) is 11.8 Å². The average Bonchev–Trinajstić information content (AvgIpc) is 3.37. The first-order valence-electron chi connectivity index (χ1n) is 10.9. The molecule has 2 fully saturated rings. The lowest BCUT2D eigenvalue weighted by molar-refractivity contribution is -0.156. The number of aliphatic carboxylic acids is 4. The van der Waals surface area contributed by atoms with Crippen LogP contribution in [0.2, 0.25) is 0 Å². The molecule has 6 atom stereocenters. The molecule has 4 rings (SSSR count). The normalized spacial score (nSPS) is 27.8. The Labute approximate surface area is 204 Å². The number of hydrazine groups is 1. The van der Waals surface area contributed by atoms with Crippen molar-refractivity contribution < 1.29 is 49.1 Å². The number of methoxy groups -OCH3 is 2. The van der Waals surface area contributed by atoms with E-state index < -0.39 is 59.9 Å². The van der Waals surface area contributed by atoms with Gasteiger partial charge in [0.05, 0.1) is 26.3 Å². The third kappa shape index (κ3) is 3.89. The van der Waals surface area contributed by atoms with Gasteiger partial charge >= 0.3 is 23.9 Å². The van der Waals surface area contributed by atoms with Gasteiger partial charge in [0.15, 0.2) is 0 Å². The van der Waals surface area contributed by atoms with Crippen LogP contribution in [0.15, 0.2) is 48.5 Å². The van der Waals surface area contributed by atoms with Gasteiger partial charge in [0.1, 0.15) is 35.4 Å². The SMILES string of the molecule is COc1ccc([C@@H]2[C@H](C(=O)O)[C@H](C(=O)O)N3[C@H](c4ccc(OC)cc4)[C@H](C(=O)O)[C@@H](C(=O)O)N23)cc1. The highest BCUT2D eigenvalue weighted by molar-refractivity contribution is 5.88. The van der Waals surface area contributed by atoms with Gasteiger partial charge in [-0.1, -0.05) is 24.3 Å². The minimum absolute atomic E-state index is 0.308. The van der Waals surface area contributed by atoms with E-state index in [0.717, 1.165) is 10.0 Å². The summed E-state index contributed by atoms with van der Waals surface area (Å²) >= 11 is 0. The topological polar surface area (TPSA) is 174 Å². The Balaban J connectivity index is 1.97. The number of hydrogen-bond donors (Lipinski definition) is 4. The largest absolute Gasteiger partial charge is 0.497 e. The molecule has 0 unspecified atom stereocenters.